The van der Waals surface area contributed by atoms with Crippen LogP contribution in [0.15, 0.2) is 33.5 Å². The molecule has 0 radical (unpaired) electrons. The summed E-state index contributed by atoms with van der Waals surface area (Å²) in [5, 5.41) is 0.971. The molecular formula is C21H27NO4. The van der Waals surface area contributed by atoms with Gasteiger partial charge < -0.3 is 9.15 Å². The van der Waals surface area contributed by atoms with Crippen LogP contribution in [0.1, 0.15) is 44.2 Å². The molecule has 0 bridgehead atoms. The Morgan fingerprint density at radius 2 is 2.08 bits per heavy atom. The molecule has 26 heavy (non-hydrogen) atoms. The number of rotatable bonds is 9. The third-order valence-electron chi connectivity index (χ3n) is 4.85. The zero-order chi connectivity index (χ0) is 18.5. The van der Waals surface area contributed by atoms with Gasteiger partial charge in [-0.05, 0) is 49.3 Å². The first-order valence-electron chi connectivity index (χ1n) is 9.52. The Balaban J connectivity index is 1.80. The Labute approximate surface area is 153 Å². The van der Waals surface area contributed by atoms with E-state index in [0.29, 0.717) is 37.6 Å². The fourth-order valence-corrected chi connectivity index (χ4v) is 3.25. The van der Waals surface area contributed by atoms with Crippen molar-refractivity contribution < 1.29 is 13.9 Å². The fourth-order valence-electron chi connectivity index (χ4n) is 3.25. The maximum atomic E-state index is 12.0. The number of nitrogens with zero attached hydrogens (tertiary/aromatic N) is 1. The van der Waals surface area contributed by atoms with Gasteiger partial charge in [0.15, 0.2) is 0 Å². The van der Waals surface area contributed by atoms with Crippen molar-refractivity contribution in [2.75, 3.05) is 19.7 Å². The minimum Gasteiger partial charge on any atom is -0.466 e. The zero-order valence-corrected chi connectivity index (χ0v) is 15.6. The largest absolute Gasteiger partial charge is 0.466 e. The lowest BCUT2D eigenvalue weighted by Gasteiger charge is -2.22. The van der Waals surface area contributed by atoms with Gasteiger partial charge in [0.2, 0.25) is 0 Å². The molecule has 140 valence electrons. The lowest BCUT2D eigenvalue weighted by molar-refractivity contribution is -0.143. The molecule has 1 aliphatic rings. The third kappa shape index (κ3) is 4.94. The SMILES string of the molecule is CCOC(=O)CCN(Cc1cc(=O)oc2cc(CC)ccc12)CC1CC1. The van der Waals surface area contributed by atoms with Crippen LogP contribution in [0.25, 0.3) is 11.0 Å². The summed E-state index contributed by atoms with van der Waals surface area (Å²) in [6.45, 7) is 6.54. The molecule has 0 aliphatic heterocycles. The summed E-state index contributed by atoms with van der Waals surface area (Å²) in [7, 11) is 0. The summed E-state index contributed by atoms with van der Waals surface area (Å²) in [5.41, 5.74) is 2.43. The Morgan fingerprint density at radius 1 is 1.27 bits per heavy atom. The molecule has 0 N–H and O–H groups in total. The van der Waals surface area contributed by atoms with E-state index in [1.165, 1.54) is 12.8 Å². The number of carbonyl (C=O) groups is 1. The second-order valence-electron chi connectivity index (χ2n) is 7.01. The average molecular weight is 357 g/mol. The number of benzene rings is 1. The van der Waals surface area contributed by atoms with Gasteiger partial charge in [0, 0.05) is 31.1 Å². The first-order valence-corrected chi connectivity index (χ1v) is 9.52. The number of carbonyl (C=O) groups excluding carboxylic acids is 1. The molecule has 5 nitrogen and oxygen atoms in total. The third-order valence-corrected chi connectivity index (χ3v) is 4.85. The first-order chi connectivity index (χ1) is 12.6. The number of esters is 1. The Bertz CT molecular complexity index is 822. The van der Waals surface area contributed by atoms with Crippen LogP contribution < -0.4 is 5.63 Å². The maximum absolute atomic E-state index is 12.0. The lowest BCUT2D eigenvalue weighted by Crippen LogP contribution is -2.29. The van der Waals surface area contributed by atoms with Crippen molar-refractivity contribution in [1.82, 2.24) is 4.90 Å². The highest BCUT2D eigenvalue weighted by Gasteiger charge is 2.25. The van der Waals surface area contributed by atoms with Gasteiger partial charge in [0.1, 0.15) is 5.58 Å². The molecule has 1 aromatic heterocycles. The number of hydrogen-bond acceptors (Lipinski definition) is 5. The molecule has 0 spiro atoms. The number of ether oxygens (including phenoxy) is 1. The predicted octanol–water partition coefficient (Wildman–Crippen LogP) is 3.52. The summed E-state index contributed by atoms with van der Waals surface area (Å²) in [5.74, 6) is 0.536. The summed E-state index contributed by atoms with van der Waals surface area (Å²) in [6.07, 6.45) is 3.76. The maximum Gasteiger partial charge on any atom is 0.336 e. The van der Waals surface area contributed by atoms with Gasteiger partial charge in [-0.1, -0.05) is 19.1 Å². The molecule has 0 saturated heterocycles. The molecule has 2 aromatic rings. The molecule has 1 aromatic carbocycles. The Hall–Kier alpha value is -2.14. The van der Waals surface area contributed by atoms with Crippen LogP contribution >= 0.6 is 0 Å². The van der Waals surface area contributed by atoms with E-state index in [9.17, 15) is 9.59 Å². The quantitative estimate of drug-likeness (QED) is 0.508. The highest BCUT2D eigenvalue weighted by molar-refractivity contribution is 5.80. The van der Waals surface area contributed by atoms with E-state index in [2.05, 4.69) is 17.9 Å². The second-order valence-corrected chi connectivity index (χ2v) is 7.01. The molecule has 1 aliphatic carbocycles. The molecule has 1 saturated carbocycles. The number of aryl methyl sites for hydroxylation is 1. The van der Waals surface area contributed by atoms with Crippen LogP contribution in [-0.4, -0.2) is 30.6 Å². The minimum atomic E-state index is -0.322. The molecule has 1 fully saturated rings. The molecule has 0 amide bonds. The standard InChI is InChI=1S/C21H27NO4/c1-3-15-7-8-18-17(12-21(24)26-19(18)11-15)14-22(13-16-5-6-16)10-9-20(23)25-4-2/h7-8,11-12,16H,3-6,9-10,13-14H2,1-2H3. The monoisotopic (exact) mass is 357 g/mol. The Morgan fingerprint density at radius 3 is 2.77 bits per heavy atom. The molecule has 5 heteroatoms. The summed E-state index contributed by atoms with van der Waals surface area (Å²) in [4.78, 5) is 26.0. The van der Waals surface area contributed by atoms with Crippen LogP contribution in [0.3, 0.4) is 0 Å². The van der Waals surface area contributed by atoms with E-state index in [1.54, 1.807) is 6.07 Å². The Kier molecular flexibility index (Phi) is 6.09. The van der Waals surface area contributed by atoms with Crippen molar-refractivity contribution in [3.63, 3.8) is 0 Å². The van der Waals surface area contributed by atoms with E-state index in [1.807, 2.05) is 19.1 Å². The lowest BCUT2D eigenvalue weighted by atomic mass is 10.1. The first kappa shape index (κ1) is 18.6. The predicted molar refractivity (Wildman–Crippen MR) is 101 cm³/mol. The summed E-state index contributed by atoms with van der Waals surface area (Å²) in [6, 6.07) is 7.64. The minimum absolute atomic E-state index is 0.168. The number of fused-ring (bicyclic) bond motifs is 1. The number of hydrogen-bond donors (Lipinski definition) is 0. The van der Waals surface area contributed by atoms with Gasteiger partial charge in [-0.2, -0.15) is 0 Å². The van der Waals surface area contributed by atoms with Crippen LogP contribution in [0.4, 0.5) is 0 Å². The summed E-state index contributed by atoms with van der Waals surface area (Å²) < 4.78 is 10.4. The van der Waals surface area contributed by atoms with Gasteiger partial charge in [-0.25, -0.2) is 4.79 Å². The normalized spacial score (nSPS) is 14.1. The average Bonchev–Trinajstić information content (AvgIpc) is 3.43. The molecule has 0 unspecified atom stereocenters. The van der Waals surface area contributed by atoms with E-state index < -0.39 is 0 Å². The zero-order valence-electron chi connectivity index (χ0n) is 15.6. The highest BCUT2D eigenvalue weighted by Crippen LogP contribution is 2.30. The van der Waals surface area contributed by atoms with E-state index >= 15 is 0 Å². The van der Waals surface area contributed by atoms with Crippen LogP contribution in [0.2, 0.25) is 0 Å². The van der Waals surface area contributed by atoms with E-state index in [0.717, 1.165) is 29.5 Å². The smallest absolute Gasteiger partial charge is 0.336 e. The van der Waals surface area contributed by atoms with Crippen LogP contribution in [0.5, 0.6) is 0 Å². The van der Waals surface area contributed by atoms with Gasteiger partial charge in [0.05, 0.1) is 13.0 Å². The van der Waals surface area contributed by atoms with Gasteiger partial charge in [0.25, 0.3) is 0 Å². The van der Waals surface area contributed by atoms with Crippen molar-refractivity contribution in [2.45, 2.75) is 46.1 Å². The van der Waals surface area contributed by atoms with E-state index in [-0.39, 0.29) is 11.6 Å². The van der Waals surface area contributed by atoms with Gasteiger partial charge in [-0.3, -0.25) is 9.69 Å². The highest BCUT2D eigenvalue weighted by atomic mass is 16.5. The van der Waals surface area contributed by atoms with Crippen LogP contribution in [-0.2, 0) is 22.5 Å². The van der Waals surface area contributed by atoms with Crippen molar-refractivity contribution >= 4 is 16.9 Å². The van der Waals surface area contributed by atoms with Crippen molar-refractivity contribution in [3.8, 4) is 0 Å². The molecule has 1 heterocycles. The molecular weight excluding hydrogens is 330 g/mol. The topological polar surface area (TPSA) is 59.8 Å². The molecule has 0 atom stereocenters. The van der Waals surface area contributed by atoms with Gasteiger partial charge in [-0.15, -0.1) is 0 Å². The second kappa shape index (κ2) is 8.49. The fraction of sp³-hybridized carbons (Fsp3) is 0.524. The summed E-state index contributed by atoms with van der Waals surface area (Å²) >= 11 is 0. The van der Waals surface area contributed by atoms with Crippen LogP contribution in [0, 0.1) is 5.92 Å². The van der Waals surface area contributed by atoms with Crippen molar-refractivity contribution in [3.05, 3.63) is 45.8 Å². The van der Waals surface area contributed by atoms with Crippen molar-refractivity contribution in [1.29, 1.82) is 0 Å². The molecule has 3 rings (SSSR count). The van der Waals surface area contributed by atoms with Crippen molar-refractivity contribution in [2.24, 2.45) is 5.92 Å². The van der Waals surface area contributed by atoms with Gasteiger partial charge >= 0.3 is 11.6 Å². The van der Waals surface area contributed by atoms with E-state index in [4.69, 9.17) is 9.15 Å².